The van der Waals surface area contributed by atoms with Gasteiger partial charge in [0.15, 0.2) is 11.2 Å². The van der Waals surface area contributed by atoms with Crippen molar-refractivity contribution in [2.75, 3.05) is 13.1 Å². The Morgan fingerprint density at radius 3 is 1.94 bits per heavy atom. The number of nitrogens with zero attached hydrogens (tertiary/aromatic N) is 2. The quantitative estimate of drug-likeness (QED) is 0.271. The lowest BCUT2D eigenvalue weighted by Crippen LogP contribution is -2.42. The van der Waals surface area contributed by atoms with E-state index >= 15 is 0 Å². The van der Waals surface area contributed by atoms with Crippen LogP contribution in [0.1, 0.15) is 42.6 Å². The van der Waals surface area contributed by atoms with E-state index in [9.17, 15) is 14.4 Å². The van der Waals surface area contributed by atoms with Crippen LogP contribution in [0, 0.1) is 11.8 Å². The molecule has 1 aliphatic rings. The minimum absolute atomic E-state index is 0.0119. The molecule has 1 aromatic heterocycles. The molecule has 184 valence electrons. The summed E-state index contributed by atoms with van der Waals surface area (Å²) in [4.78, 5) is 41.3. The fourth-order valence-electron chi connectivity index (χ4n) is 5.39. The molecule has 2 heterocycles. The van der Waals surface area contributed by atoms with Gasteiger partial charge in [0.25, 0.3) is 0 Å². The fraction of sp³-hybridized carbons (Fsp3) is 0.323. The maximum atomic E-state index is 13.4. The van der Waals surface area contributed by atoms with E-state index in [4.69, 9.17) is 0 Å². The number of aromatic nitrogens is 1. The molecular weight excluding hydrogens is 448 g/mol. The number of hydrogen-bond donors (Lipinski definition) is 0. The molecule has 0 unspecified atom stereocenters. The number of rotatable bonds is 6. The highest BCUT2D eigenvalue weighted by molar-refractivity contribution is 5.98. The first kappa shape index (κ1) is 24.0. The topological polar surface area (TPSA) is 59.4 Å². The van der Waals surface area contributed by atoms with E-state index < -0.39 is 0 Å². The Bertz CT molecular complexity index is 1420. The molecule has 1 aliphatic heterocycles. The second kappa shape index (κ2) is 10.1. The Morgan fingerprint density at radius 1 is 0.833 bits per heavy atom. The zero-order chi connectivity index (χ0) is 25.2. The summed E-state index contributed by atoms with van der Waals surface area (Å²) in [5, 5.41) is 1.24. The fourth-order valence-corrected chi connectivity index (χ4v) is 5.39. The van der Waals surface area contributed by atoms with Crippen molar-refractivity contribution in [3.8, 4) is 0 Å². The van der Waals surface area contributed by atoms with E-state index in [1.807, 2.05) is 70.1 Å². The molecular formula is C31H32N2O3. The largest absolute Gasteiger partial charge is 0.341 e. The second-order valence-electron chi connectivity index (χ2n) is 10.3. The number of Topliss-reactive ketones (excluding diaryl/α,β-unsaturated/α-hetero) is 1. The van der Waals surface area contributed by atoms with Crippen molar-refractivity contribution >= 4 is 33.5 Å². The first-order chi connectivity index (χ1) is 17.4. The Morgan fingerprint density at radius 2 is 1.39 bits per heavy atom. The lowest BCUT2D eigenvalue weighted by atomic mass is 9.88. The molecule has 1 amide bonds. The van der Waals surface area contributed by atoms with Crippen molar-refractivity contribution in [1.82, 2.24) is 9.47 Å². The monoisotopic (exact) mass is 480 g/mol. The number of ketones is 1. The molecule has 3 aromatic carbocycles. The Balaban J connectivity index is 1.29. The van der Waals surface area contributed by atoms with E-state index in [2.05, 4.69) is 26.0 Å². The molecule has 0 spiro atoms. The Kier molecular flexibility index (Phi) is 6.73. The van der Waals surface area contributed by atoms with Crippen LogP contribution in [-0.2, 0) is 17.8 Å². The van der Waals surface area contributed by atoms with E-state index in [0.717, 1.165) is 23.0 Å². The van der Waals surface area contributed by atoms with Crippen LogP contribution < -0.4 is 5.43 Å². The third-order valence-electron chi connectivity index (χ3n) is 7.27. The summed E-state index contributed by atoms with van der Waals surface area (Å²) >= 11 is 0. The van der Waals surface area contributed by atoms with Gasteiger partial charge in [-0.05, 0) is 55.0 Å². The van der Waals surface area contributed by atoms with Gasteiger partial charge in [-0.3, -0.25) is 14.4 Å². The van der Waals surface area contributed by atoms with Gasteiger partial charge in [-0.2, -0.15) is 0 Å². The molecule has 4 aromatic rings. The number of benzene rings is 3. The molecule has 0 N–H and O–H groups in total. The van der Waals surface area contributed by atoms with Gasteiger partial charge in [0.2, 0.25) is 5.91 Å². The second-order valence-corrected chi connectivity index (χ2v) is 10.3. The van der Waals surface area contributed by atoms with Gasteiger partial charge in [0.1, 0.15) is 6.54 Å². The molecule has 5 nitrogen and oxygen atoms in total. The van der Waals surface area contributed by atoms with E-state index in [1.165, 1.54) is 5.56 Å². The number of piperidine rings is 1. The Labute approximate surface area is 211 Å². The number of carbonyl (C=O) groups excluding carboxylic acids is 2. The first-order valence-corrected chi connectivity index (χ1v) is 12.8. The molecule has 0 atom stereocenters. The number of hydrogen-bond acceptors (Lipinski definition) is 3. The summed E-state index contributed by atoms with van der Waals surface area (Å²) in [7, 11) is 0. The van der Waals surface area contributed by atoms with Crippen molar-refractivity contribution in [2.45, 2.75) is 39.7 Å². The molecule has 36 heavy (non-hydrogen) atoms. The predicted molar refractivity (Wildman–Crippen MR) is 144 cm³/mol. The molecule has 5 heteroatoms. The normalized spacial score (nSPS) is 14.6. The maximum Gasteiger partial charge on any atom is 0.242 e. The summed E-state index contributed by atoms with van der Waals surface area (Å²) in [5.41, 5.74) is 3.53. The Hall–Kier alpha value is -3.73. The van der Waals surface area contributed by atoms with Crippen LogP contribution in [0.4, 0.5) is 0 Å². The molecule has 1 saturated heterocycles. The zero-order valence-electron chi connectivity index (χ0n) is 20.9. The molecule has 5 rings (SSSR count). The standard InChI is InChI=1S/C31H32N2O3/c1-21(2)19-22-11-13-23(14-12-22)30(35)24-15-17-32(18-16-24)29(34)20-33-27-9-5-3-7-25(27)31(36)26-8-4-6-10-28(26)33/h3-14,21,24H,15-20H2,1-2H3. The van der Waals surface area contributed by atoms with Crippen LogP contribution in [0.15, 0.2) is 77.6 Å². The molecule has 0 radical (unpaired) electrons. The highest BCUT2D eigenvalue weighted by atomic mass is 16.2. The van der Waals surface area contributed by atoms with Crippen molar-refractivity contribution in [3.63, 3.8) is 0 Å². The molecule has 1 fully saturated rings. The average molecular weight is 481 g/mol. The minimum Gasteiger partial charge on any atom is -0.341 e. The zero-order valence-corrected chi connectivity index (χ0v) is 20.9. The summed E-state index contributed by atoms with van der Waals surface area (Å²) in [5.74, 6) is 0.716. The maximum absolute atomic E-state index is 13.4. The SMILES string of the molecule is CC(C)Cc1ccc(C(=O)C2CCN(C(=O)Cn3c4ccccc4c(=O)c4ccccc43)CC2)cc1. The molecule has 0 saturated carbocycles. The van der Waals surface area contributed by atoms with Gasteiger partial charge in [-0.1, -0.05) is 62.4 Å². The van der Waals surface area contributed by atoms with E-state index in [-0.39, 0.29) is 29.6 Å². The number of pyridine rings is 1. The molecule has 0 aliphatic carbocycles. The van der Waals surface area contributed by atoms with Gasteiger partial charge in [0, 0.05) is 35.3 Å². The number of fused-ring (bicyclic) bond motifs is 2. The lowest BCUT2D eigenvalue weighted by molar-refractivity contribution is -0.132. The van der Waals surface area contributed by atoms with Gasteiger partial charge in [0.05, 0.1) is 11.0 Å². The summed E-state index contributed by atoms with van der Waals surface area (Å²) < 4.78 is 1.95. The van der Waals surface area contributed by atoms with E-state index in [0.29, 0.717) is 42.6 Å². The summed E-state index contributed by atoms with van der Waals surface area (Å²) in [6, 6.07) is 22.9. The highest BCUT2D eigenvalue weighted by Gasteiger charge is 2.28. The molecule has 0 bridgehead atoms. The third-order valence-corrected chi connectivity index (χ3v) is 7.27. The third kappa shape index (κ3) is 4.70. The lowest BCUT2D eigenvalue weighted by Gasteiger charge is -2.32. The first-order valence-electron chi connectivity index (χ1n) is 12.8. The minimum atomic E-state index is -0.0564. The number of para-hydroxylation sites is 2. The van der Waals surface area contributed by atoms with Crippen molar-refractivity contribution in [2.24, 2.45) is 11.8 Å². The smallest absolute Gasteiger partial charge is 0.242 e. The van der Waals surface area contributed by atoms with Crippen LogP contribution in [0.2, 0.25) is 0 Å². The van der Waals surface area contributed by atoms with Crippen molar-refractivity contribution < 1.29 is 9.59 Å². The number of likely N-dealkylation sites (tertiary alicyclic amines) is 1. The van der Waals surface area contributed by atoms with E-state index in [1.54, 1.807) is 0 Å². The van der Waals surface area contributed by atoms with Crippen LogP contribution >= 0.6 is 0 Å². The highest BCUT2D eigenvalue weighted by Crippen LogP contribution is 2.24. The average Bonchev–Trinajstić information content (AvgIpc) is 2.91. The van der Waals surface area contributed by atoms with Gasteiger partial charge in [-0.25, -0.2) is 0 Å². The van der Waals surface area contributed by atoms with Gasteiger partial charge >= 0.3 is 0 Å². The van der Waals surface area contributed by atoms with Crippen LogP contribution in [0.5, 0.6) is 0 Å². The van der Waals surface area contributed by atoms with Crippen molar-refractivity contribution in [1.29, 1.82) is 0 Å². The number of carbonyl (C=O) groups is 2. The summed E-state index contributed by atoms with van der Waals surface area (Å²) in [6.45, 7) is 5.68. The predicted octanol–water partition coefficient (Wildman–Crippen LogP) is 5.47. The van der Waals surface area contributed by atoms with Crippen LogP contribution in [0.25, 0.3) is 21.8 Å². The summed E-state index contributed by atoms with van der Waals surface area (Å²) in [6.07, 6.45) is 2.35. The van der Waals surface area contributed by atoms with Crippen LogP contribution in [-0.4, -0.2) is 34.2 Å². The van der Waals surface area contributed by atoms with Crippen molar-refractivity contribution in [3.05, 3.63) is 94.1 Å². The van der Waals surface area contributed by atoms with Gasteiger partial charge in [-0.15, -0.1) is 0 Å². The van der Waals surface area contributed by atoms with Crippen LogP contribution in [0.3, 0.4) is 0 Å². The van der Waals surface area contributed by atoms with Gasteiger partial charge < -0.3 is 9.47 Å². The number of amides is 1.